The number of hydrogen-bond acceptors (Lipinski definition) is 6. The van der Waals surface area contributed by atoms with Crippen LogP contribution in [0.4, 0.5) is 0 Å². The van der Waals surface area contributed by atoms with Crippen molar-refractivity contribution in [3.8, 4) is 0 Å². The van der Waals surface area contributed by atoms with Crippen LogP contribution in [-0.4, -0.2) is 30.9 Å². The van der Waals surface area contributed by atoms with Gasteiger partial charge in [-0.2, -0.15) is 0 Å². The number of nitrogens with one attached hydrogen (secondary N) is 1. The number of rotatable bonds is 5. The maximum atomic E-state index is 11.4. The molecule has 3 N–H and O–H groups in total. The van der Waals surface area contributed by atoms with Gasteiger partial charge >= 0.3 is 0 Å². The Balaban J connectivity index is 1.88. The van der Waals surface area contributed by atoms with E-state index in [4.69, 9.17) is 5.84 Å². The van der Waals surface area contributed by atoms with Crippen molar-refractivity contribution in [2.45, 2.75) is 25.3 Å². The lowest BCUT2D eigenvalue weighted by molar-refractivity contribution is 0.410. The van der Waals surface area contributed by atoms with Crippen molar-refractivity contribution in [3.05, 3.63) is 16.6 Å². The Kier molecular flexibility index (Phi) is 4.13. The predicted molar refractivity (Wildman–Crippen MR) is 68.3 cm³/mol. The molecular weight excluding hydrogens is 258 g/mol. The van der Waals surface area contributed by atoms with Gasteiger partial charge in [-0.3, -0.25) is 16.3 Å². The minimum absolute atomic E-state index is 0.133. The van der Waals surface area contributed by atoms with E-state index in [0.717, 1.165) is 19.3 Å². The van der Waals surface area contributed by atoms with Gasteiger partial charge < -0.3 is 0 Å². The van der Waals surface area contributed by atoms with Crippen LogP contribution in [-0.2, 0) is 16.3 Å². The summed E-state index contributed by atoms with van der Waals surface area (Å²) in [5, 5.41) is 0. The topological polar surface area (TPSA) is 85.1 Å². The minimum Gasteiger partial charge on any atom is -0.271 e. The van der Waals surface area contributed by atoms with Crippen molar-refractivity contribution < 1.29 is 8.42 Å². The molecule has 2 atom stereocenters. The van der Waals surface area contributed by atoms with E-state index in [9.17, 15) is 8.42 Å². The average Bonchev–Trinajstić information content (AvgIpc) is 2.87. The molecular formula is C10H17N3O2S2. The summed E-state index contributed by atoms with van der Waals surface area (Å²) >= 11 is 1.60. The van der Waals surface area contributed by atoms with E-state index < -0.39 is 9.84 Å². The fourth-order valence-electron chi connectivity index (χ4n) is 2.26. The molecule has 1 saturated heterocycles. The second-order valence-corrected chi connectivity index (χ2v) is 7.74. The second-order valence-electron chi connectivity index (χ2n) is 4.54. The van der Waals surface area contributed by atoms with Crippen LogP contribution >= 0.6 is 11.3 Å². The first kappa shape index (κ1) is 12.9. The fourth-order valence-corrected chi connectivity index (χ4v) is 4.81. The Morgan fingerprint density at radius 1 is 1.65 bits per heavy atom. The van der Waals surface area contributed by atoms with Crippen LogP contribution < -0.4 is 11.3 Å². The molecule has 0 radical (unpaired) electrons. The van der Waals surface area contributed by atoms with Crippen LogP contribution in [0, 0.1) is 5.92 Å². The van der Waals surface area contributed by atoms with Gasteiger partial charge in [0.25, 0.3) is 0 Å². The SMILES string of the molecule is NNC(Cc1cncs1)CC1CCS(=O)(=O)C1. The molecule has 7 heteroatoms. The first-order valence-corrected chi connectivity index (χ1v) is 8.33. The number of hydrogen-bond donors (Lipinski definition) is 2. The van der Waals surface area contributed by atoms with Crippen LogP contribution in [0.2, 0.25) is 0 Å². The van der Waals surface area contributed by atoms with Gasteiger partial charge in [0.1, 0.15) is 0 Å². The zero-order valence-electron chi connectivity index (χ0n) is 9.50. The highest BCUT2D eigenvalue weighted by molar-refractivity contribution is 7.91. The number of nitrogens with zero attached hydrogens (tertiary/aromatic N) is 1. The predicted octanol–water partition coefficient (Wildman–Crippen LogP) is 0.342. The molecule has 0 aliphatic carbocycles. The average molecular weight is 275 g/mol. The summed E-state index contributed by atoms with van der Waals surface area (Å²) in [4.78, 5) is 5.19. The van der Waals surface area contributed by atoms with E-state index in [2.05, 4.69) is 10.4 Å². The number of sulfone groups is 1. The molecule has 0 bridgehead atoms. The Morgan fingerprint density at radius 3 is 3.00 bits per heavy atom. The number of thiazole rings is 1. The lowest BCUT2D eigenvalue weighted by atomic mass is 9.97. The number of nitrogens with two attached hydrogens (primary N) is 1. The van der Waals surface area contributed by atoms with Gasteiger partial charge in [0.2, 0.25) is 0 Å². The molecule has 2 unspecified atom stereocenters. The fraction of sp³-hybridized carbons (Fsp3) is 0.700. The summed E-state index contributed by atoms with van der Waals surface area (Å²) in [6.07, 6.45) is 4.23. The van der Waals surface area contributed by atoms with E-state index in [-0.39, 0.29) is 12.0 Å². The largest absolute Gasteiger partial charge is 0.271 e. The summed E-state index contributed by atoms with van der Waals surface area (Å²) in [5.41, 5.74) is 4.57. The van der Waals surface area contributed by atoms with Crippen LogP contribution in [0.3, 0.4) is 0 Å². The van der Waals surface area contributed by atoms with Gasteiger partial charge in [0.05, 0.1) is 17.0 Å². The first-order chi connectivity index (χ1) is 8.09. The van der Waals surface area contributed by atoms with E-state index in [1.165, 1.54) is 4.88 Å². The Bertz CT molecular complexity index is 444. The molecule has 96 valence electrons. The zero-order valence-corrected chi connectivity index (χ0v) is 11.1. The van der Waals surface area contributed by atoms with Gasteiger partial charge in [-0.1, -0.05) is 0 Å². The van der Waals surface area contributed by atoms with E-state index in [0.29, 0.717) is 11.5 Å². The molecule has 0 amide bonds. The second kappa shape index (κ2) is 5.43. The molecule has 2 heterocycles. The molecule has 1 aromatic heterocycles. The van der Waals surface area contributed by atoms with Crippen molar-refractivity contribution in [1.82, 2.24) is 10.4 Å². The van der Waals surface area contributed by atoms with Crippen molar-refractivity contribution >= 4 is 21.2 Å². The van der Waals surface area contributed by atoms with Crippen LogP contribution in [0.25, 0.3) is 0 Å². The van der Waals surface area contributed by atoms with Crippen molar-refractivity contribution in [1.29, 1.82) is 0 Å². The smallest absolute Gasteiger partial charge is 0.150 e. The van der Waals surface area contributed by atoms with E-state index >= 15 is 0 Å². The highest BCUT2D eigenvalue weighted by Gasteiger charge is 2.29. The van der Waals surface area contributed by atoms with Crippen LogP contribution in [0.5, 0.6) is 0 Å². The summed E-state index contributed by atoms with van der Waals surface area (Å²) < 4.78 is 22.7. The number of aromatic nitrogens is 1. The molecule has 2 rings (SSSR count). The highest BCUT2D eigenvalue weighted by Crippen LogP contribution is 2.24. The summed E-state index contributed by atoms with van der Waals surface area (Å²) in [6, 6.07) is 0.133. The van der Waals surface area contributed by atoms with Gasteiger partial charge in [0.15, 0.2) is 9.84 Å². The molecule has 1 aromatic rings. The van der Waals surface area contributed by atoms with Crippen molar-refractivity contribution in [3.63, 3.8) is 0 Å². The summed E-state index contributed by atoms with van der Waals surface area (Å²) in [7, 11) is -2.79. The third-order valence-electron chi connectivity index (χ3n) is 3.11. The molecule has 1 fully saturated rings. The highest BCUT2D eigenvalue weighted by atomic mass is 32.2. The minimum atomic E-state index is -2.79. The Hall–Kier alpha value is -0.500. The molecule has 0 aromatic carbocycles. The molecule has 17 heavy (non-hydrogen) atoms. The van der Waals surface area contributed by atoms with Gasteiger partial charge in [-0.05, 0) is 18.8 Å². The Morgan fingerprint density at radius 2 is 2.47 bits per heavy atom. The Labute approximate surface area is 105 Å². The zero-order chi connectivity index (χ0) is 12.3. The van der Waals surface area contributed by atoms with Gasteiger partial charge in [-0.25, -0.2) is 8.42 Å². The van der Waals surface area contributed by atoms with E-state index in [1.807, 2.05) is 6.20 Å². The maximum Gasteiger partial charge on any atom is 0.150 e. The molecule has 1 aliphatic rings. The summed E-state index contributed by atoms with van der Waals surface area (Å²) in [5.74, 6) is 6.41. The van der Waals surface area contributed by atoms with Crippen LogP contribution in [0.15, 0.2) is 11.7 Å². The van der Waals surface area contributed by atoms with Crippen LogP contribution in [0.1, 0.15) is 17.7 Å². The normalized spacial score (nSPS) is 24.9. The third-order valence-corrected chi connectivity index (χ3v) is 5.75. The maximum absolute atomic E-state index is 11.4. The van der Waals surface area contributed by atoms with Crippen molar-refractivity contribution in [2.75, 3.05) is 11.5 Å². The quantitative estimate of drug-likeness (QED) is 0.598. The first-order valence-electron chi connectivity index (χ1n) is 5.63. The standard InChI is InChI=1S/C10H17N3O2S2/c11-13-9(4-10-5-12-7-16-10)3-8-1-2-17(14,15)6-8/h5,7-9,13H,1-4,6,11H2. The number of hydrazine groups is 1. The summed E-state index contributed by atoms with van der Waals surface area (Å²) in [6.45, 7) is 0. The third kappa shape index (κ3) is 3.74. The van der Waals surface area contributed by atoms with Crippen molar-refractivity contribution in [2.24, 2.45) is 11.8 Å². The molecule has 0 saturated carbocycles. The lowest BCUT2D eigenvalue weighted by Crippen LogP contribution is -2.38. The van der Waals surface area contributed by atoms with E-state index in [1.54, 1.807) is 16.8 Å². The molecule has 1 aliphatic heterocycles. The molecule has 0 spiro atoms. The monoisotopic (exact) mass is 275 g/mol. The molecule has 5 nitrogen and oxygen atoms in total. The lowest BCUT2D eigenvalue weighted by Gasteiger charge is -2.18. The van der Waals surface area contributed by atoms with Gasteiger partial charge in [0, 0.05) is 23.5 Å². The van der Waals surface area contributed by atoms with Gasteiger partial charge in [-0.15, -0.1) is 11.3 Å².